The number of anilines is 1. The van der Waals surface area contributed by atoms with E-state index in [1.54, 1.807) is 0 Å². The minimum absolute atomic E-state index is 0.184. The largest absolute Gasteiger partial charge is 0.324 e. The maximum absolute atomic E-state index is 12.9. The predicted octanol–water partition coefficient (Wildman–Crippen LogP) is 3.01. The number of nitrogens with one attached hydrogen (secondary N) is 1. The molecule has 2 amide bonds. The van der Waals surface area contributed by atoms with Gasteiger partial charge in [0.25, 0.3) is 0 Å². The van der Waals surface area contributed by atoms with E-state index in [0.717, 1.165) is 38.2 Å². The van der Waals surface area contributed by atoms with Crippen molar-refractivity contribution in [2.45, 2.75) is 32.2 Å². The summed E-state index contributed by atoms with van der Waals surface area (Å²) in [4.78, 5) is 16.9. The molecule has 3 rings (SSSR count). The lowest BCUT2D eigenvalue weighted by atomic mass is 9.96. The van der Waals surface area contributed by atoms with E-state index in [2.05, 4.69) is 30.4 Å². The maximum Gasteiger partial charge on any atom is 0.324 e. The van der Waals surface area contributed by atoms with Crippen LogP contribution < -0.4 is 10.2 Å². The van der Waals surface area contributed by atoms with Gasteiger partial charge in [0.2, 0.25) is 0 Å². The number of fused-ring (bicyclic) bond motifs is 1. The fourth-order valence-electron chi connectivity index (χ4n) is 3.59. The highest BCUT2D eigenvalue weighted by Crippen LogP contribution is 2.34. The van der Waals surface area contributed by atoms with Gasteiger partial charge >= 0.3 is 6.03 Å². The van der Waals surface area contributed by atoms with Crippen molar-refractivity contribution in [3.63, 3.8) is 0 Å². The van der Waals surface area contributed by atoms with Gasteiger partial charge in [-0.3, -0.25) is 4.90 Å². The number of para-hydroxylation sites is 1. The lowest BCUT2D eigenvalue weighted by Crippen LogP contribution is -2.49. The fraction of sp³-hybridized carbons (Fsp3) is 0.588. The van der Waals surface area contributed by atoms with Gasteiger partial charge < -0.3 is 10.2 Å². The van der Waals surface area contributed by atoms with Crippen LogP contribution in [0.2, 0.25) is 0 Å². The SMILES string of the molecule is CNC1CCN(C(=O)N2CCCC(C)C2)c2ccccc21. The minimum atomic E-state index is 0.184. The van der Waals surface area contributed by atoms with Crippen LogP contribution in [0.5, 0.6) is 0 Å². The number of rotatable bonds is 1. The summed E-state index contributed by atoms with van der Waals surface area (Å²) in [5.41, 5.74) is 2.32. The van der Waals surface area contributed by atoms with Crippen LogP contribution in [0.15, 0.2) is 24.3 Å². The van der Waals surface area contributed by atoms with Crippen molar-refractivity contribution in [1.82, 2.24) is 10.2 Å². The number of hydrogen-bond acceptors (Lipinski definition) is 2. The molecule has 1 aromatic rings. The van der Waals surface area contributed by atoms with Gasteiger partial charge in [0, 0.05) is 25.7 Å². The average Bonchev–Trinajstić information content (AvgIpc) is 2.53. The fourth-order valence-corrected chi connectivity index (χ4v) is 3.59. The average molecular weight is 287 g/mol. The molecule has 114 valence electrons. The van der Waals surface area contributed by atoms with Crippen LogP contribution in [0.3, 0.4) is 0 Å². The Kier molecular flexibility index (Phi) is 4.15. The Hall–Kier alpha value is -1.55. The second-order valence-corrected chi connectivity index (χ2v) is 6.32. The molecule has 4 heteroatoms. The van der Waals surface area contributed by atoms with E-state index in [0.29, 0.717) is 12.0 Å². The lowest BCUT2D eigenvalue weighted by Gasteiger charge is -2.39. The van der Waals surface area contributed by atoms with Crippen LogP contribution in [0, 0.1) is 5.92 Å². The van der Waals surface area contributed by atoms with Crippen molar-refractivity contribution in [1.29, 1.82) is 0 Å². The number of piperidine rings is 1. The Balaban J connectivity index is 1.84. The minimum Gasteiger partial charge on any atom is -0.324 e. The van der Waals surface area contributed by atoms with Crippen LogP contribution in [0.25, 0.3) is 0 Å². The van der Waals surface area contributed by atoms with E-state index >= 15 is 0 Å². The summed E-state index contributed by atoms with van der Waals surface area (Å²) in [6.45, 7) is 4.83. The molecular weight excluding hydrogens is 262 g/mol. The van der Waals surface area contributed by atoms with E-state index < -0.39 is 0 Å². The summed E-state index contributed by atoms with van der Waals surface area (Å²) >= 11 is 0. The second-order valence-electron chi connectivity index (χ2n) is 6.32. The first-order valence-corrected chi connectivity index (χ1v) is 8.03. The van der Waals surface area contributed by atoms with Crippen molar-refractivity contribution >= 4 is 11.7 Å². The summed E-state index contributed by atoms with van der Waals surface area (Å²) < 4.78 is 0. The van der Waals surface area contributed by atoms with Crippen LogP contribution in [0.1, 0.15) is 37.8 Å². The number of likely N-dealkylation sites (tertiary alicyclic amines) is 1. The molecule has 0 aliphatic carbocycles. The highest BCUT2D eigenvalue weighted by molar-refractivity contribution is 5.93. The molecule has 1 saturated heterocycles. The number of hydrogen-bond donors (Lipinski definition) is 1. The summed E-state index contributed by atoms with van der Waals surface area (Å²) in [6.07, 6.45) is 3.34. The maximum atomic E-state index is 12.9. The van der Waals surface area contributed by atoms with Gasteiger partial charge in [0.05, 0.1) is 5.69 Å². The van der Waals surface area contributed by atoms with Gasteiger partial charge in [0.1, 0.15) is 0 Å². The molecule has 1 aromatic carbocycles. The lowest BCUT2D eigenvalue weighted by molar-refractivity contribution is 0.175. The zero-order valence-electron chi connectivity index (χ0n) is 13.0. The molecule has 2 aliphatic heterocycles. The summed E-state index contributed by atoms with van der Waals surface area (Å²) in [5.74, 6) is 0.618. The zero-order valence-corrected chi connectivity index (χ0v) is 13.0. The molecule has 1 fully saturated rings. The molecule has 2 heterocycles. The van der Waals surface area contributed by atoms with Gasteiger partial charge in [-0.1, -0.05) is 25.1 Å². The Morgan fingerprint density at radius 2 is 2.05 bits per heavy atom. The number of urea groups is 1. The van der Waals surface area contributed by atoms with E-state index in [-0.39, 0.29) is 6.03 Å². The van der Waals surface area contributed by atoms with Crippen LogP contribution >= 0.6 is 0 Å². The van der Waals surface area contributed by atoms with Gasteiger partial charge in [-0.25, -0.2) is 4.79 Å². The quantitative estimate of drug-likeness (QED) is 0.862. The Morgan fingerprint density at radius 1 is 1.24 bits per heavy atom. The molecule has 0 aromatic heterocycles. The highest BCUT2D eigenvalue weighted by atomic mass is 16.2. The van der Waals surface area contributed by atoms with E-state index in [9.17, 15) is 4.79 Å². The van der Waals surface area contributed by atoms with Crippen molar-refractivity contribution < 1.29 is 4.79 Å². The molecule has 4 nitrogen and oxygen atoms in total. The van der Waals surface area contributed by atoms with Crippen LogP contribution in [-0.4, -0.2) is 37.6 Å². The predicted molar refractivity (Wildman–Crippen MR) is 85.6 cm³/mol. The molecule has 0 bridgehead atoms. The molecule has 2 atom stereocenters. The van der Waals surface area contributed by atoms with E-state index in [4.69, 9.17) is 0 Å². The summed E-state index contributed by atoms with van der Waals surface area (Å²) in [5, 5.41) is 3.35. The third-order valence-corrected chi connectivity index (χ3v) is 4.75. The van der Waals surface area contributed by atoms with Crippen molar-refractivity contribution in [2.24, 2.45) is 5.92 Å². The normalized spacial score (nSPS) is 25.6. The van der Waals surface area contributed by atoms with Gasteiger partial charge in [-0.05, 0) is 43.9 Å². The number of carbonyl (C=O) groups excluding carboxylic acids is 1. The third kappa shape index (κ3) is 2.77. The Bertz CT molecular complexity index is 517. The molecule has 2 aliphatic rings. The molecule has 2 unspecified atom stereocenters. The molecule has 0 saturated carbocycles. The first-order chi connectivity index (χ1) is 10.2. The standard InChI is InChI=1S/C17H25N3O/c1-13-6-5-10-19(12-13)17(21)20-11-9-15(18-2)14-7-3-4-8-16(14)20/h3-4,7-8,13,15,18H,5-6,9-12H2,1-2H3. The molecule has 0 radical (unpaired) electrons. The first-order valence-electron chi connectivity index (χ1n) is 8.03. The van der Waals surface area contributed by atoms with E-state index in [1.807, 2.05) is 22.9 Å². The van der Waals surface area contributed by atoms with E-state index in [1.165, 1.54) is 12.0 Å². The summed E-state index contributed by atoms with van der Waals surface area (Å²) in [7, 11) is 1.99. The van der Waals surface area contributed by atoms with Gasteiger partial charge in [0.15, 0.2) is 0 Å². The van der Waals surface area contributed by atoms with Crippen molar-refractivity contribution in [3.8, 4) is 0 Å². The van der Waals surface area contributed by atoms with Crippen molar-refractivity contribution in [3.05, 3.63) is 29.8 Å². The topological polar surface area (TPSA) is 35.6 Å². The number of nitrogens with zero attached hydrogens (tertiary/aromatic N) is 2. The van der Waals surface area contributed by atoms with Crippen molar-refractivity contribution in [2.75, 3.05) is 31.6 Å². The first kappa shape index (κ1) is 14.4. The number of benzene rings is 1. The van der Waals surface area contributed by atoms with Crippen LogP contribution in [0.4, 0.5) is 10.5 Å². The zero-order chi connectivity index (χ0) is 14.8. The molecule has 0 spiro atoms. The Labute approximate surface area is 127 Å². The summed E-state index contributed by atoms with van der Waals surface area (Å²) in [6, 6.07) is 8.82. The number of amides is 2. The highest BCUT2D eigenvalue weighted by Gasteiger charge is 2.31. The van der Waals surface area contributed by atoms with Crippen LogP contribution in [-0.2, 0) is 0 Å². The molecule has 21 heavy (non-hydrogen) atoms. The monoisotopic (exact) mass is 287 g/mol. The van der Waals surface area contributed by atoms with Gasteiger partial charge in [-0.2, -0.15) is 0 Å². The molecular formula is C17H25N3O. The molecule has 1 N–H and O–H groups in total. The second kappa shape index (κ2) is 6.06. The third-order valence-electron chi connectivity index (χ3n) is 4.75. The number of carbonyl (C=O) groups is 1. The van der Waals surface area contributed by atoms with Gasteiger partial charge in [-0.15, -0.1) is 0 Å². The Morgan fingerprint density at radius 3 is 2.81 bits per heavy atom. The smallest absolute Gasteiger partial charge is 0.324 e.